The summed E-state index contributed by atoms with van der Waals surface area (Å²) >= 11 is 3.57. The van der Waals surface area contributed by atoms with E-state index in [9.17, 15) is 0 Å². The third-order valence-corrected chi connectivity index (χ3v) is 4.40. The zero-order chi connectivity index (χ0) is 11.7. The fraction of sp³-hybridized carbons (Fsp3) is 0.250. The van der Waals surface area contributed by atoms with Crippen LogP contribution in [0.25, 0.3) is 11.1 Å². The molecule has 0 radical (unpaired) electrons. The molecule has 1 unspecified atom stereocenters. The number of hydrogen-bond acceptors (Lipinski definition) is 0. The van der Waals surface area contributed by atoms with Crippen molar-refractivity contribution in [1.29, 1.82) is 0 Å². The Hall–Kier alpha value is -1.08. The van der Waals surface area contributed by atoms with Gasteiger partial charge in [0.15, 0.2) is 0 Å². The summed E-state index contributed by atoms with van der Waals surface area (Å²) in [6, 6.07) is 19.6. The van der Waals surface area contributed by atoms with Gasteiger partial charge in [0.05, 0.1) is 0 Å². The van der Waals surface area contributed by atoms with Gasteiger partial charge in [-0.1, -0.05) is 70.5 Å². The zero-order valence-electron chi connectivity index (χ0n) is 9.64. The molecule has 0 heterocycles. The van der Waals surface area contributed by atoms with Gasteiger partial charge in [0, 0.05) is 5.33 Å². The standard InChI is InChI=1S/C16H15Br/c17-11-15-10-16(15)14-8-6-13(7-9-14)12-4-2-1-3-5-12/h1-9,15-16H,10-11H2/t15-,16?/m1/s1. The van der Waals surface area contributed by atoms with Gasteiger partial charge in [-0.2, -0.15) is 0 Å². The second-order valence-corrected chi connectivity index (χ2v) is 5.39. The minimum atomic E-state index is 0.791. The van der Waals surface area contributed by atoms with Crippen LogP contribution in [-0.4, -0.2) is 5.33 Å². The highest BCUT2D eigenvalue weighted by molar-refractivity contribution is 9.09. The Bertz CT molecular complexity index is 487. The lowest BCUT2D eigenvalue weighted by Crippen LogP contribution is -1.85. The molecule has 0 nitrogen and oxygen atoms in total. The van der Waals surface area contributed by atoms with E-state index in [1.807, 2.05) is 0 Å². The highest BCUT2D eigenvalue weighted by Crippen LogP contribution is 2.48. The molecule has 0 aliphatic heterocycles. The molecular weight excluding hydrogens is 272 g/mol. The first kappa shape index (κ1) is 11.0. The van der Waals surface area contributed by atoms with Gasteiger partial charge in [0.2, 0.25) is 0 Å². The van der Waals surface area contributed by atoms with Gasteiger partial charge in [0.25, 0.3) is 0 Å². The van der Waals surface area contributed by atoms with Gasteiger partial charge in [-0.15, -0.1) is 0 Å². The molecule has 2 atom stereocenters. The first-order chi connectivity index (χ1) is 8.38. The van der Waals surface area contributed by atoms with Crippen LogP contribution in [0.15, 0.2) is 54.6 Å². The summed E-state index contributed by atoms with van der Waals surface area (Å²) in [4.78, 5) is 0. The summed E-state index contributed by atoms with van der Waals surface area (Å²) in [6.45, 7) is 0. The number of benzene rings is 2. The largest absolute Gasteiger partial charge is 0.0925 e. The van der Waals surface area contributed by atoms with Gasteiger partial charge in [-0.3, -0.25) is 0 Å². The lowest BCUT2D eigenvalue weighted by atomic mass is 10.0. The van der Waals surface area contributed by atoms with E-state index < -0.39 is 0 Å². The summed E-state index contributed by atoms with van der Waals surface area (Å²) in [5.41, 5.74) is 4.10. The molecule has 2 aromatic rings. The van der Waals surface area contributed by atoms with Crippen molar-refractivity contribution in [3.63, 3.8) is 0 Å². The number of alkyl halides is 1. The molecule has 0 bridgehead atoms. The molecule has 3 rings (SSSR count). The first-order valence-corrected chi connectivity index (χ1v) is 7.22. The first-order valence-electron chi connectivity index (χ1n) is 6.10. The highest BCUT2D eigenvalue weighted by Gasteiger charge is 2.36. The summed E-state index contributed by atoms with van der Waals surface area (Å²) in [7, 11) is 0. The third-order valence-electron chi connectivity index (χ3n) is 3.57. The second kappa shape index (κ2) is 4.66. The molecule has 17 heavy (non-hydrogen) atoms. The molecule has 1 aliphatic rings. The van der Waals surface area contributed by atoms with E-state index in [0.717, 1.165) is 17.2 Å². The van der Waals surface area contributed by atoms with Crippen molar-refractivity contribution in [2.45, 2.75) is 12.3 Å². The normalized spacial score (nSPS) is 22.4. The SMILES string of the molecule is BrC[C@H]1CC1c1ccc(-c2ccccc2)cc1. The average molecular weight is 287 g/mol. The van der Waals surface area contributed by atoms with Crippen molar-refractivity contribution in [3.8, 4) is 11.1 Å². The highest BCUT2D eigenvalue weighted by atomic mass is 79.9. The molecule has 1 heteroatoms. The Morgan fingerprint density at radius 3 is 2.12 bits per heavy atom. The van der Waals surface area contributed by atoms with Gasteiger partial charge < -0.3 is 0 Å². The predicted molar refractivity (Wildman–Crippen MR) is 76.5 cm³/mol. The van der Waals surface area contributed by atoms with E-state index in [2.05, 4.69) is 70.5 Å². The summed E-state index contributed by atoms with van der Waals surface area (Å²) in [5, 5.41) is 1.14. The van der Waals surface area contributed by atoms with E-state index in [1.165, 1.54) is 23.1 Å². The average Bonchev–Trinajstić information content (AvgIpc) is 3.19. The molecule has 86 valence electrons. The predicted octanol–water partition coefficient (Wildman–Crippen LogP) is 4.85. The Labute approximate surface area is 111 Å². The minimum Gasteiger partial charge on any atom is -0.0925 e. The maximum Gasteiger partial charge on any atom is 0.00657 e. The number of rotatable bonds is 3. The van der Waals surface area contributed by atoms with E-state index in [0.29, 0.717) is 0 Å². The van der Waals surface area contributed by atoms with Crippen molar-refractivity contribution in [3.05, 3.63) is 60.2 Å². The molecule has 1 fully saturated rings. The lowest BCUT2D eigenvalue weighted by molar-refractivity contribution is 0.937. The van der Waals surface area contributed by atoms with Crippen LogP contribution in [0.5, 0.6) is 0 Å². The van der Waals surface area contributed by atoms with Crippen LogP contribution in [0.2, 0.25) is 0 Å². The Kier molecular flexibility index (Phi) is 3.02. The Balaban J connectivity index is 1.82. The fourth-order valence-corrected chi connectivity index (χ4v) is 3.10. The van der Waals surface area contributed by atoms with Crippen molar-refractivity contribution in [1.82, 2.24) is 0 Å². The molecule has 1 saturated carbocycles. The van der Waals surface area contributed by atoms with Crippen LogP contribution in [0, 0.1) is 5.92 Å². The van der Waals surface area contributed by atoms with Crippen LogP contribution in [-0.2, 0) is 0 Å². The van der Waals surface area contributed by atoms with E-state index in [1.54, 1.807) is 0 Å². The van der Waals surface area contributed by atoms with E-state index in [-0.39, 0.29) is 0 Å². The summed E-state index contributed by atoms with van der Waals surface area (Å²) in [6.07, 6.45) is 1.34. The second-order valence-electron chi connectivity index (χ2n) is 4.74. The smallest absolute Gasteiger partial charge is 0.00657 e. The molecule has 2 aromatic carbocycles. The topological polar surface area (TPSA) is 0 Å². The lowest BCUT2D eigenvalue weighted by Gasteiger charge is -2.03. The maximum absolute atomic E-state index is 3.57. The monoisotopic (exact) mass is 286 g/mol. The summed E-state index contributed by atoms with van der Waals surface area (Å²) in [5.74, 6) is 1.65. The van der Waals surface area contributed by atoms with Crippen LogP contribution in [0.3, 0.4) is 0 Å². The quantitative estimate of drug-likeness (QED) is 0.708. The van der Waals surface area contributed by atoms with E-state index >= 15 is 0 Å². The zero-order valence-corrected chi connectivity index (χ0v) is 11.2. The fourth-order valence-electron chi connectivity index (χ4n) is 2.38. The van der Waals surface area contributed by atoms with Crippen molar-refractivity contribution in [2.75, 3.05) is 5.33 Å². The molecule has 0 spiro atoms. The Morgan fingerprint density at radius 2 is 1.53 bits per heavy atom. The van der Waals surface area contributed by atoms with Gasteiger partial charge >= 0.3 is 0 Å². The van der Waals surface area contributed by atoms with Crippen molar-refractivity contribution < 1.29 is 0 Å². The molecule has 0 aromatic heterocycles. The molecule has 0 amide bonds. The van der Waals surface area contributed by atoms with Crippen LogP contribution in [0.4, 0.5) is 0 Å². The number of hydrogen-bond donors (Lipinski definition) is 0. The van der Waals surface area contributed by atoms with Crippen molar-refractivity contribution >= 4 is 15.9 Å². The van der Waals surface area contributed by atoms with Crippen molar-refractivity contribution in [2.24, 2.45) is 5.92 Å². The third kappa shape index (κ3) is 2.30. The van der Waals surface area contributed by atoms with Gasteiger partial charge in [-0.05, 0) is 34.9 Å². The van der Waals surface area contributed by atoms with Crippen LogP contribution < -0.4 is 0 Å². The summed E-state index contributed by atoms with van der Waals surface area (Å²) < 4.78 is 0. The molecule has 0 N–H and O–H groups in total. The van der Waals surface area contributed by atoms with Gasteiger partial charge in [0.1, 0.15) is 0 Å². The molecular formula is C16H15Br. The Morgan fingerprint density at radius 1 is 0.882 bits per heavy atom. The minimum absolute atomic E-state index is 0.791. The van der Waals surface area contributed by atoms with Crippen LogP contribution >= 0.6 is 15.9 Å². The van der Waals surface area contributed by atoms with Gasteiger partial charge in [-0.25, -0.2) is 0 Å². The van der Waals surface area contributed by atoms with Crippen LogP contribution in [0.1, 0.15) is 17.9 Å². The molecule has 0 saturated heterocycles. The number of halogens is 1. The molecule has 1 aliphatic carbocycles. The van der Waals surface area contributed by atoms with E-state index in [4.69, 9.17) is 0 Å². The maximum atomic E-state index is 3.57.